The van der Waals surface area contributed by atoms with Crippen molar-refractivity contribution in [1.82, 2.24) is 0 Å². The Labute approximate surface area is 223 Å². The number of anilines is 3. The van der Waals surface area contributed by atoms with Gasteiger partial charge in [-0.15, -0.1) is 23.2 Å². The maximum absolute atomic E-state index is 13.7. The van der Waals surface area contributed by atoms with Gasteiger partial charge in [0, 0.05) is 17.3 Å². The molecule has 0 bridgehead atoms. The molecule has 2 amide bonds. The predicted octanol–water partition coefficient (Wildman–Crippen LogP) is 7.29. The van der Waals surface area contributed by atoms with E-state index in [1.165, 1.54) is 18.2 Å². The molecular weight excluding hydrogens is 566 g/mol. The molecule has 12 heteroatoms. The lowest BCUT2D eigenvalue weighted by atomic mass is 10.1. The molecule has 1 saturated carbocycles. The SMILES string of the molecule is Nc1c(F)cc(NC(=O)c2cc(NC(=O)[C@H]3[C@H](c4ccc(Cl)c(Cl)c4)C3(Cl)Cl)ccc2Cl)cc1F. The van der Waals surface area contributed by atoms with Crippen molar-refractivity contribution in [3.05, 3.63) is 86.4 Å². The van der Waals surface area contributed by atoms with E-state index in [-0.39, 0.29) is 22.0 Å². The van der Waals surface area contributed by atoms with Crippen molar-refractivity contribution in [2.45, 2.75) is 10.3 Å². The Morgan fingerprint density at radius 2 is 1.46 bits per heavy atom. The van der Waals surface area contributed by atoms with Crippen molar-refractivity contribution in [3.8, 4) is 0 Å². The van der Waals surface area contributed by atoms with Crippen LogP contribution in [0.2, 0.25) is 15.1 Å². The highest BCUT2D eigenvalue weighted by molar-refractivity contribution is 6.53. The summed E-state index contributed by atoms with van der Waals surface area (Å²) in [7, 11) is 0. The summed E-state index contributed by atoms with van der Waals surface area (Å²) >= 11 is 30.9. The fourth-order valence-electron chi connectivity index (χ4n) is 3.63. The van der Waals surface area contributed by atoms with Gasteiger partial charge in [-0.1, -0.05) is 40.9 Å². The summed E-state index contributed by atoms with van der Waals surface area (Å²) in [5.74, 6) is -4.66. The Kier molecular flexibility index (Phi) is 7.10. The zero-order chi connectivity index (χ0) is 25.7. The van der Waals surface area contributed by atoms with Gasteiger partial charge in [0.2, 0.25) is 5.91 Å². The van der Waals surface area contributed by atoms with Crippen LogP contribution in [0.5, 0.6) is 0 Å². The number of carbonyl (C=O) groups is 2. The number of benzene rings is 3. The van der Waals surface area contributed by atoms with E-state index < -0.39 is 45.3 Å². The summed E-state index contributed by atoms with van der Waals surface area (Å²) in [6.45, 7) is 0. The second-order valence-electron chi connectivity index (χ2n) is 7.79. The molecule has 0 aliphatic heterocycles. The Bertz CT molecular complexity index is 1350. The third-order valence-corrected chi connectivity index (χ3v) is 7.46. The first-order valence-electron chi connectivity index (χ1n) is 9.89. The van der Waals surface area contributed by atoms with Crippen molar-refractivity contribution in [2.24, 2.45) is 5.92 Å². The molecule has 1 aliphatic carbocycles. The van der Waals surface area contributed by atoms with E-state index in [2.05, 4.69) is 10.6 Å². The quantitative estimate of drug-likeness (QED) is 0.219. The van der Waals surface area contributed by atoms with Gasteiger partial charge < -0.3 is 16.4 Å². The van der Waals surface area contributed by atoms with E-state index in [0.717, 1.165) is 12.1 Å². The fourth-order valence-corrected chi connectivity index (χ4v) is 4.96. The van der Waals surface area contributed by atoms with E-state index in [0.29, 0.717) is 15.6 Å². The summed E-state index contributed by atoms with van der Waals surface area (Å²) in [5, 5.41) is 5.69. The van der Waals surface area contributed by atoms with Gasteiger partial charge in [0.1, 0.15) is 10.0 Å². The van der Waals surface area contributed by atoms with Gasteiger partial charge in [-0.05, 0) is 48.0 Å². The average molecular weight is 580 g/mol. The third kappa shape index (κ3) is 5.15. The standard InChI is InChI=1S/C23H14Cl5F2N3O2/c24-13-4-2-10(6-12(13)21(34)33-11-7-16(29)20(31)17(30)8-11)32-22(35)19-18(23(19,27)28)9-1-3-14(25)15(26)5-9/h1-8,18-19H,31H2,(H,32,35)(H,33,34)/t18-,19+/m0/s1. The molecule has 0 heterocycles. The van der Waals surface area contributed by atoms with Crippen molar-refractivity contribution in [1.29, 1.82) is 0 Å². The molecule has 0 unspecified atom stereocenters. The molecule has 0 saturated heterocycles. The van der Waals surface area contributed by atoms with Crippen LogP contribution in [0, 0.1) is 17.6 Å². The van der Waals surface area contributed by atoms with E-state index in [1.54, 1.807) is 18.2 Å². The van der Waals surface area contributed by atoms with E-state index in [4.69, 9.17) is 63.7 Å². The topological polar surface area (TPSA) is 84.2 Å². The molecule has 1 aliphatic rings. The monoisotopic (exact) mass is 577 g/mol. The Morgan fingerprint density at radius 1 is 0.829 bits per heavy atom. The molecule has 4 rings (SSSR count). The summed E-state index contributed by atoms with van der Waals surface area (Å²) in [4.78, 5) is 25.6. The average Bonchev–Trinajstić information content (AvgIpc) is 3.37. The number of hydrogen-bond acceptors (Lipinski definition) is 3. The highest BCUT2D eigenvalue weighted by Gasteiger charge is 2.67. The molecular formula is C23H14Cl5F2N3O2. The van der Waals surface area contributed by atoms with Gasteiger partial charge in [-0.3, -0.25) is 9.59 Å². The molecule has 4 N–H and O–H groups in total. The summed E-state index contributed by atoms with van der Waals surface area (Å²) in [6.07, 6.45) is 0. The molecule has 1 fully saturated rings. The zero-order valence-electron chi connectivity index (χ0n) is 17.3. The summed E-state index contributed by atoms with van der Waals surface area (Å²) in [5.41, 5.74) is 5.22. The van der Waals surface area contributed by atoms with Crippen LogP contribution >= 0.6 is 58.0 Å². The molecule has 3 aromatic rings. The Balaban J connectivity index is 1.51. The molecule has 3 aromatic carbocycles. The van der Waals surface area contributed by atoms with E-state index in [1.807, 2.05) is 0 Å². The van der Waals surface area contributed by atoms with Crippen LogP contribution in [0.1, 0.15) is 21.8 Å². The minimum Gasteiger partial charge on any atom is -0.394 e. The van der Waals surface area contributed by atoms with Crippen LogP contribution in [0.15, 0.2) is 48.5 Å². The minimum atomic E-state index is -1.38. The first kappa shape index (κ1) is 25.8. The zero-order valence-corrected chi connectivity index (χ0v) is 21.1. The van der Waals surface area contributed by atoms with Crippen LogP contribution in [-0.2, 0) is 4.79 Å². The normalized spacial score (nSPS) is 18.1. The number of nitrogens with two attached hydrogens (primary N) is 1. The smallest absolute Gasteiger partial charge is 0.257 e. The van der Waals surface area contributed by atoms with E-state index >= 15 is 0 Å². The van der Waals surface area contributed by atoms with Crippen LogP contribution in [0.25, 0.3) is 0 Å². The highest BCUT2D eigenvalue weighted by Crippen LogP contribution is 2.65. The number of nitrogen functional groups attached to an aromatic ring is 1. The largest absolute Gasteiger partial charge is 0.394 e. The molecule has 35 heavy (non-hydrogen) atoms. The van der Waals surface area contributed by atoms with Crippen molar-refractivity contribution >= 4 is 86.9 Å². The lowest BCUT2D eigenvalue weighted by Crippen LogP contribution is -2.18. The van der Waals surface area contributed by atoms with Crippen LogP contribution < -0.4 is 16.4 Å². The molecule has 0 spiro atoms. The lowest BCUT2D eigenvalue weighted by Gasteiger charge is -2.11. The van der Waals surface area contributed by atoms with Crippen molar-refractivity contribution in [3.63, 3.8) is 0 Å². The maximum Gasteiger partial charge on any atom is 0.257 e. The van der Waals surface area contributed by atoms with Gasteiger partial charge >= 0.3 is 0 Å². The van der Waals surface area contributed by atoms with Crippen LogP contribution in [0.4, 0.5) is 25.8 Å². The Morgan fingerprint density at radius 3 is 2.09 bits per heavy atom. The second kappa shape index (κ2) is 9.64. The second-order valence-corrected chi connectivity index (χ2v) is 10.5. The number of nitrogens with one attached hydrogen (secondary N) is 2. The van der Waals surface area contributed by atoms with Gasteiger partial charge in [0.05, 0.1) is 26.5 Å². The maximum atomic E-state index is 13.7. The van der Waals surface area contributed by atoms with Crippen LogP contribution in [0.3, 0.4) is 0 Å². The van der Waals surface area contributed by atoms with E-state index in [9.17, 15) is 18.4 Å². The number of amides is 2. The number of carbonyl (C=O) groups excluding carboxylic acids is 2. The Hall–Kier alpha value is -2.29. The number of hydrogen-bond donors (Lipinski definition) is 3. The van der Waals surface area contributed by atoms with Crippen molar-refractivity contribution < 1.29 is 18.4 Å². The lowest BCUT2D eigenvalue weighted by molar-refractivity contribution is -0.117. The van der Waals surface area contributed by atoms with Gasteiger partial charge in [-0.2, -0.15) is 0 Å². The number of halogens is 7. The first-order valence-corrected chi connectivity index (χ1v) is 11.8. The molecule has 5 nitrogen and oxygen atoms in total. The van der Waals surface area contributed by atoms with Crippen molar-refractivity contribution in [2.75, 3.05) is 16.4 Å². The van der Waals surface area contributed by atoms with Crippen LogP contribution in [-0.4, -0.2) is 16.1 Å². The van der Waals surface area contributed by atoms with Gasteiger partial charge in [0.15, 0.2) is 11.6 Å². The number of alkyl halides is 2. The molecule has 2 atom stereocenters. The molecule has 0 aromatic heterocycles. The molecule has 182 valence electrons. The summed E-state index contributed by atoms with van der Waals surface area (Å²) < 4.78 is 26.0. The van der Waals surface area contributed by atoms with Gasteiger partial charge in [0.25, 0.3) is 5.91 Å². The fraction of sp³-hybridized carbons (Fsp3) is 0.130. The number of rotatable bonds is 5. The first-order chi connectivity index (χ1) is 16.4. The highest BCUT2D eigenvalue weighted by atomic mass is 35.5. The van der Waals surface area contributed by atoms with Gasteiger partial charge in [-0.25, -0.2) is 8.78 Å². The third-order valence-electron chi connectivity index (χ3n) is 5.45. The minimum absolute atomic E-state index is 0.0426. The summed E-state index contributed by atoms with van der Waals surface area (Å²) in [6, 6.07) is 10.8. The molecule has 0 radical (unpaired) electrons. The predicted molar refractivity (Wildman–Crippen MR) is 136 cm³/mol.